The molecule has 0 atom stereocenters. The van der Waals surface area contributed by atoms with Crippen molar-refractivity contribution in [3.8, 4) is 33.8 Å². The molecule has 1 saturated heterocycles. The fraction of sp³-hybridized carbons (Fsp3) is 0.323. The predicted octanol–water partition coefficient (Wildman–Crippen LogP) is 5.59. The van der Waals surface area contributed by atoms with Crippen LogP contribution >= 0.6 is 0 Å². The molecule has 7 heteroatoms. The van der Waals surface area contributed by atoms with Crippen molar-refractivity contribution >= 4 is 6.08 Å². The van der Waals surface area contributed by atoms with Crippen molar-refractivity contribution in [3.63, 3.8) is 0 Å². The molecule has 1 spiro atoms. The number of nitrogens with zero attached hydrogens (tertiary/aromatic N) is 3. The molecule has 7 rings (SSSR count). The molecular formula is C31H31N5O2. The van der Waals surface area contributed by atoms with E-state index in [1.807, 2.05) is 6.07 Å². The second-order valence-electron chi connectivity index (χ2n) is 11.4. The van der Waals surface area contributed by atoms with Crippen LogP contribution in [0.4, 0.5) is 0 Å². The average molecular weight is 506 g/mol. The summed E-state index contributed by atoms with van der Waals surface area (Å²) >= 11 is 0. The van der Waals surface area contributed by atoms with Gasteiger partial charge in [-0.1, -0.05) is 74.5 Å². The normalized spacial score (nSPS) is 21.1. The van der Waals surface area contributed by atoms with Crippen molar-refractivity contribution in [2.45, 2.75) is 49.9 Å². The Hall–Kier alpha value is -3.65. The maximum Gasteiger partial charge on any atom is 0.183 e. The van der Waals surface area contributed by atoms with Crippen LogP contribution in [0.1, 0.15) is 50.2 Å². The van der Waals surface area contributed by atoms with E-state index in [4.69, 9.17) is 25.2 Å². The number of aromatic amines is 1. The summed E-state index contributed by atoms with van der Waals surface area (Å²) in [6, 6.07) is 21.0. The lowest BCUT2D eigenvalue weighted by molar-refractivity contribution is -0.239. The van der Waals surface area contributed by atoms with Crippen molar-refractivity contribution in [2.24, 2.45) is 5.73 Å². The minimum atomic E-state index is -0.495. The number of fused-ring (bicyclic) bond motifs is 4. The largest absolute Gasteiger partial charge is 0.347 e. The molecule has 1 saturated carbocycles. The zero-order chi connectivity index (χ0) is 26.0. The van der Waals surface area contributed by atoms with Crippen LogP contribution in [0.25, 0.3) is 39.8 Å². The van der Waals surface area contributed by atoms with Gasteiger partial charge in [0, 0.05) is 34.9 Å². The second kappa shape index (κ2) is 8.43. The number of benzene rings is 2. The molecule has 2 bridgehead atoms. The SMILES string of the molecule is CC1(C)C/C=C/c2nc(-c3ccc(C4(N)CC5(C4)OCCO5)cc3)c(-c3ccccc3)cc2-c2n[nH]c1n2. The van der Waals surface area contributed by atoms with Crippen molar-refractivity contribution in [2.75, 3.05) is 13.2 Å². The van der Waals surface area contributed by atoms with Gasteiger partial charge in [-0.2, -0.15) is 5.10 Å². The van der Waals surface area contributed by atoms with E-state index in [9.17, 15) is 0 Å². The number of ether oxygens (including phenoxy) is 2. The summed E-state index contributed by atoms with van der Waals surface area (Å²) in [6.07, 6.45) is 6.47. The maximum absolute atomic E-state index is 6.77. The van der Waals surface area contributed by atoms with E-state index in [1.165, 1.54) is 0 Å². The van der Waals surface area contributed by atoms with Gasteiger partial charge in [0.25, 0.3) is 0 Å². The van der Waals surface area contributed by atoms with Gasteiger partial charge in [0.2, 0.25) is 0 Å². The molecule has 2 aromatic carbocycles. The van der Waals surface area contributed by atoms with Crippen LogP contribution in [-0.4, -0.2) is 39.2 Å². The van der Waals surface area contributed by atoms with Crippen molar-refractivity contribution in [1.29, 1.82) is 0 Å². The smallest absolute Gasteiger partial charge is 0.183 e. The molecule has 3 aliphatic rings. The van der Waals surface area contributed by atoms with Crippen molar-refractivity contribution < 1.29 is 9.47 Å². The van der Waals surface area contributed by atoms with E-state index < -0.39 is 11.3 Å². The van der Waals surface area contributed by atoms with E-state index >= 15 is 0 Å². The Kier molecular flexibility index (Phi) is 5.20. The van der Waals surface area contributed by atoms with Gasteiger partial charge in [-0.05, 0) is 29.7 Å². The highest BCUT2D eigenvalue weighted by Crippen LogP contribution is 2.51. The first-order chi connectivity index (χ1) is 18.3. The maximum atomic E-state index is 6.77. The lowest BCUT2D eigenvalue weighted by Gasteiger charge is -2.50. The number of nitrogens with two attached hydrogens (primary N) is 1. The van der Waals surface area contributed by atoms with Crippen LogP contribution in [0.15, 0.2) is 66.7 Å². The van der Waals surface area contributed by atoms with Crippen LogP contribution in [0, 0.1) is 0 Å². The molecule has 0 unspecified atom stereocenters. The summed E-state index contributed by atoms with van der Waals surface area (Å²) in [4.78, 5) is 10.1. The quantitative estimate of drug-likeness (QED) is 0.377. The summed E-state index contributed by atoms with van der Waals surface area (Å²) in [5.74, 6) is 1.06. The number of aromatic nitrogens is 4. The van der Waals surface area contributed by atoms with Crippen LogP contribution in [-0.2, 0) is 20.4 Å². The van der Waals surface area contributed by atoms with E-state index in [0.717, 1.165) is 51.5 Å². The van der Waals surface area contributed by atoms with Crippen LogP contribution < -0.4 is 5.73 Å². The molecule has 38 heavy (non-hydrogen) atoms. The summed E-state index contributed by atoms with van der Waals surface area (Å²) in [5.41, 5.74) is 13.1. The van der Waals surface area contributed by atoms with Gasteiger partial charge in [0.1, 0.15) is 5.82 Å². The standard InChI is InChI=1S/C31H31N5O2/c1-29(2)14-6-9-25-24(27-34-28(29)36-35-27)17-23(20-7-4-3-5-8-20)26(33-25)21-10-12-22(13-11-21)30(32)18-31(19-30)37-15-16-38-31/h3-13,17H,14-16,18-19,32H2,1-2H3,(H,34,35,36)/b9-6+. The lowest BCUT2D eigenvalue weighted by Crippen LogP contribution is -2.60. The highest BCUT2D eigenvalue weighted by Gasteiger charge is 2.57. The predicted molar refractivity (Wildman–Crippen MR) is 147 cm³/mol. The number of H-pyrrole nitrogens is 1. The molecule has 4 aromatic rings. The third kappa shape index (κ3) is 3.81. The molecule has 0 amide bonds. The summed E-state index contributed by atoms with van der Waals surface area (Å²) in [5, 5.41) is 7.73. The van der Waals surface area contributed by atoms with Gasteiger partial charge in [0.05, 0.1) is 30.1 Å². The summed E-state index contributed by atoms with van der Waals surface area (Å²) in [7, 11) is 0. The minimum absolute atomic E-state index is 0.141. The summed E-state index contributed by atoms with van der Waals surface area (Å²) in [6.45, 7) is 5.63. The van der Waals surface area contributed by atoms with Gasteiger partial charge in [0.15, 0.2) is 11.6 Å². The number of nitrogens with one attached hydrogen (secondary N) is 1. The molecule has 192 valence electrons. The van der Waals surface area contributed by atoms with Gasteiger partial charge in [-0.15, -0.1) is 0 Å². The zero-order valence-corrected chi connectivity index (χ0v) is 21.7. The fourth-order valence-electron chi connectivity index (χ4n) is 5.91. The van der Waals surface area contributed by atoms with Gasteiger partial charge in [-0.3, -0.25) is 5.10 Å². The van der Waals surface area contributed by atoms with E-state index in [2.05, 4.69) is 90.8 Å². The van der Waals surface area contributed by atoms with Gasteiger partial charge < -0.3 is 15.2 Å². The van der Waals surface area contributed by atoms with Crippen molar-refractivity contribution in [1.82, 2.24) is 20.2 Å². The number of rotatable bonds is 3. The Labute approximate surface area is 222 Å². The second-order valence-corrected chi connectivity index (χ2v) is 11.4. The minimum Gasteiger partial charge on any atom is -0.347 e. The monoisotopic (exact) mass is 505 g/mol. The molecular weight excluding hydrogens is 474 g/mol. The fourth-order valence-corrected chi connectivity index (χ4v) is 5.91. The Balaban J connectivity index is 1.32. The molecule has 2 aliphatic heterocycles. The van der Waals surface area contributed by atoms with Crippen molar-refractivity contribution in [3.05, 3.63) is 83.8 Å². The topological polar surface area (TPSA) is 98.9 Å². The van der Waals surface area contributed by atoms with Crippen LogP contribution in [0.3, 0.4) is 0 Å². The molecule has 1 aliphatic carbocycles. The Morgan fingerprint density at radius 2 is 1.61 bits per heavy atom. The Morgan fingerprint density at radius 1 is 0.868 bits per heavy atom. The molecule has 7 nitrogen and oxygen atoms in total. The number of allylic oxidation sites excluding steroid dienone is 1. The number of pyridine rings is 1. The van der Waals surface area contributed by atoms with E-state index in [-0.39, 0.29) is 5.41 Å². The lowest BCUT2D eigenvalue weighted by atomic mass is 9.68. The van der Waals surface area contributed by atoms with Gasteiger partial charge >= 0.3 is 0 Å². The highest BCUT2D eigenvalue weighted by molar-refractivity contribution is 5.86. The molecule has 3 N–H and O–H groups in total. The number of hydrogen-bond donors (Lipinski definition) is 2. The Morgan fingerprint density at radius 3 is 2.34 bits per heavy atom. The average Bonchev–Trinajstić information content (AvgIpc) is 3.60. The van der Waals surface area contributed by atoms with Crippen LogP contribution in [0.5, 0.6) is 0 Å². The third-order valence-corrected chi connectivity index (χ3v) is 8.12. The highest BCUT2D eigenvalue weighted by atomic mass is 16.7. The number of hydrogen-bond acceptors (Lipinski definition) is 6. The molecule has 0 radical (unpaired) electrons. The molecule has 2 fully saturated rings. The third-order valence-electron chi connectivity index (χ3n) is 8.12. The van der Waals surface area contributed by atoms with Crippen LogP contribution in [0.2, 0.25) is 0 Å². The first-order valence-corrected chi connectivity index (χ1v) is 13.2. The van der Waals surface area contributed by atoms with E-state index in [0.29, 0.717) is 31.9 Å². The first-order valence-electron chi connectivity index (χ1n) is 13.2. The first kappa shape index (κ1) is 23.5. The zero-order valence-electron chi connectivity index (χ0n) is 21.7. The Bertz CT molecular complexity index is 1520. The van der Waals surface area contributed by atoms with Gasteiger partial charge in [-0.25, -0.2) is 9.97 Å². The molecule has 2 aromatic heterocycles. The molecule has 4 heterocycles. The summed E-state index contributed by atoms with van der Waals surface area (Å²) < 4.78 is 11.6. The van der Waals surface area contributed by atoms with E-state index in [1.54, 1.807) is 0 Å².